The van der Waals surface area contributed by atoms with Gasteiger partial charge in [-0.2, -0.15) is 0 Å². The highest BCUT2D eigenvalue weighted by Gasteiger charge is 2.23. The highest BCUT2D eigenvalue weighted by atomic mass is 32.2. The summed E-state index contributed by atoms with van der Waals surface area (Å²) in [6.45, 7) is 4.08. The molecule has 0 spiro atoms. The van der Waals surface area contributed by atoms with Gasteiger partial charge in [0.2, 0.25) is 0 Å². The Hall–Kier alpha value is -3.43. The Bertz CT molecular complexity index is 2020. The summed E-state index contributed by atoms with van der Waals surface area (Å²) in [5, 5.41) is 3.92. The second-order valence-electron chi connectivity index (χ2n) is 12.0. The third kappa shape index (κ3) is 8.28. The number of sulfone groups is 2. The number of nitrogens with one attached hydrogen (secondary N) is 1. The van der Waals surface area contributed by atoms with Gasteiger partial charge in [0, 0.05) is 43.0 Å². The fourth-order valence-corrected chi connectivity index (χ4v) is 7.20. The molecule has 0 amide bonds. The lowest BCUT2D eigenvalue weighted by atomic mass is 9.89. The van der Waals surface area contributed by atoms with Gasteiger partial charge in [-0.15, -0.1) is 0 Å². The van der Waals surface area contributed by atoms with E-state index in [0.29, 0.717) is 46.0 Å². The fraction of sp³-hybridized carbons (Fsp3) is 0.375. The van der Waals surface area contributed by atoms with Crippen LogP contribution in [-0.2, 0) is 37.3 Å². The second kappa shape index (κ2) is 13.7. The van der Waals surface area contributed by atoms with E-state index in [0.717, 1.165) is 38.4 Å². The van der Waals surface area contributed by atoms with Crippen LogP contribution in [-0.4, -0.2) is 83.2 Å². The number of likely N-dealkylation sites (tertiary alicyclic amines) is 1. The van der Waals surface area contributed by atoms with E-state index in [-0.39, 0.29) is 28.0 Å². The zero-order valence-corrected chi connectivity index (χ0v) is 28.4. The van der Waals surface area contributed by atoms with Crippen LogP contribution >= 0.6 is 0 Å². The molecular formula is C32H38N4O7S3. The topological polar surface area (TPSA) is 156 Å². The van der Waals surface area contributed by atoms with E-state index in [4.69, 9.17) is 4.98 Å². The van der Waals surface area contributed by atoms with Crippen molar-refractivity contribution in [1.82, 2.24) is 14.5 Å². The van der Waals surface area contributed by atoms with Crippen molar-refractivity contribution in [1.29, 1.82) is 0 Å². The Labute approximate surface area is 271 Å². The van der Waals surface area contributed by atoms with E-state index in [1.165, 1.54) is 22.3 Å². The summed E-state index contributed by atoms with van der Waals surface area (Å²) in [5.41, 5.74) is 2.72. The Morgan fingerprint density at radius 2 is 1.65 bits per heavy atom. The lowest BCUT2D eigenvalue weighted by Crippen LogP contribution is -2.38. The van der Waals surface area contributed by atoms with E-state index >= 15 is 0 Å². The zero-order chi connectivity index (χ0) is 33.2. The van der Waals surface area contributed by atoms with Crippen LogP contribution in [0.5, 0.6) is 0 Å². The molecule has 246 valence electrons. The van der Waals surface area contributed by atoms with Crippen molar-refractivity contribution >= 4 is 53.0 Å². The molecule has 0 aliphatic carbocycles. The summed E-state index contributed by atoms with van der Waals surface area (Å²) >= 11 is -1.83. The third-order valence-electron chi connectivity index (χ3n) is 8.33. The molecule has 0 bridgehead atoms. The van der Waals surface area contributed by atoms with E-state index in [2.05, 4.69) is 22.3 Å². The van der Waals surface area contributed by atoms with Crippen molar-refractivity contribution < 1.29 is 25.6 Å². The average molecular weight is 687 g/mol. The number of piperidine rings is 1. The molecule has 2 aromatic carbocycles. The highest BCUT2D eigenvalue weighted by molar-refractivity contribution is 7.91. The van der Waals surface area contributed by atoms with Crippen LogP contribution in [0.25, 0.3) is 22.0 Å². The minimum atomic E-state index is -3.38. The van der Waals surface area contributed by atoms with Crippen molar-refractivity contribution in [2.75, 3.05) is 43.2 Å². The van der Waals surface area contributed by atoms with E-state index in [9.17, 15) is 30.4 Å². The van der Waals surface area contributed by atoms with E-state index in [1.54, 1.807) is 37.4 Å². The summed E-state index contributed by atoms with van der Waals surface area (Å²) in [7, 11) is -6.67. The second-order valence-corrected chi connectivity index (χ2v) is 17.6. The van der Waals surface area contributed by atoms with Gasteiger partial charge in [0.25, 0.3) is 5.56 Å². The van der Waals surface area contributed by atoms with Crippen LogP contribution in [0.1, 0.15) is 31.2 Å². The first kappa shape index (κ1) is 33.9. The quantitative estimate of drug-likeness (QED) is 0.221. The number of nitrogens with zero attached hydrogens (tertiary/aromatic N) is 3. The number of benzene rings is 2. The molecule has 5 rings (SSSR count). The fourth-order valence-electron chi connectivity index (χ4n) is 5.71. The number of hydrogen-bond acceptors (Lipinski definition) is 9. The molecule has 1 saturated heterocycles. The average Bonchev–Trinajstić information content (AvgIpc) is 3.00. The Balaban J connectivity index is 1.44. The molecule has 4 aromatic rings. The van der Waals surface area contributed by atoms with Gasteiger partial charge in [0.15, 0.2) is 20.9 Å². The molecule has 46 heavy (non-hydrogen) atoms. The number of anilines is 2. The third-order valence-corrected chi connectivity index (χ3v) is 11.2. The van der Waals surface area contributed by atoms with Crippen molar-refractivity contribution in [3.05, 3.63) is 82.8 Å². The summed E-state index contributed by atoms with van der Waals surface area (Å²) in [4.78, 5) is 20.8. The monoisotopic (exact) mass is 686 g/mol. The summed E-state index contributed by atoms with van der Waals surface area (Å²) in [6, 6.07) is 17.9. The number of fused-ring (bicyclic) bond motifs is 1. The van der Waals surface area contributed by atoms with Crippen LogP contribution < -0.4 is 10.9 Å². The molecule has 3 heterocycles. The van der Waals surface area contributed by atoms with E-state index < -0.39 is 30.8 Å². The normalized spacial score (nSPS) is 16.3. The SMILES string of the molecule is CC(CN1CCC(c2ccc(Nc3nc(-c4ccc(S(C)(=O)=O)cc4)cc4ccn(CCS(C)(=O)=O)c(=O)c34)cc2)CC1)S(=O)O. The number of hydrogen-bond donors (Lipinski definition) is 2. The van der Waals surface area contributed by atoms with Gasteiger partial charge < -0.3 is 19.3 Å². The molecule has 2 unspecified atom stereocenters. The predicted octanol–water partition coefficient (Wildman–Crippen LogP) is 4.04. The molecule has 0 radical (unpaired) electrons. The van der Waals surface area contributed by atoms with Crippen LogP contribution in [0.3, 0.4) is 0 Å². The largest absolute Gasteiger partial charge is 0.340 e. The smallest absolute Gasteiger partial charge is 0.262 e. The Kier molecular flexibility index (Phi) is 10.1. The maximum absolute atomic E-state index is 13.6. The first-order valence-corrected chi connectivity index (χ1v) is 20.0. The highest BCUT2D eigenvalue weighted by Crippen LogP contribution is 2.32. The molecule has 1 aliphatic heterocycles. The minimum Gasteiger partial charge on any atom is -0.340 e. The van der Waals surface area contributed by atoms with Gasteiger partial charge in [-0.25, -0.2) is 26.0 Å². The van der Waals surface area contributed by atoms with Gasteiger partial charge >= 0.3 is 0 Å². The predicted molar refractivity (Wildman–Crippen MR) is 183 cm³/mol. The maximum atomic E-state index is 13.6. The lowest BCUT2D eigenvalue weighted by Gasteiger charge is -2.33. The maximum Gasteiger partial charge on any atom is 0.262 e. The molecular weight excluding hydrogens is 649 g/mol. The Morgan fingerprint density at radius 1 is 1.00 bits per heavy atom. The summed E-state index contributed by atoms with van der Waals surface area (Å²) in [6.07, 6.45) is 5.72. The van der Waals surface area contributed by atoms with Gasteiger partial charge in [-0.1, -0.05) is 24.3 Å². The van der Waals surface area contributed by atoms with Crippen LogP contribution in [0.15, 0.2) is 76.6 Å². The Morgan fingerprint density at radius 3 is 2.24 bits per heavy atom. The summed E-state index contributed by atoms with van der Waals surface area (Å²) < 4.78 is 69.6. The van der Waals surface area contributed by atoms with Crippen molar-refractivity contribution in [2.24, 2.45) is 0 Å². The number of pyridine rings is 2. The van der Waals surface area contributed by atoms with E-state index in [1.807, 2.05) is 12.1 Å². The van der Waals surface area contributed by atoms with Crippen molar-refractivity contribution in [3.8, 4) is 11.3 Å². The zero-order valence-electron chi connectivity index (χ0n) is 25.9. The number of aromatic nitrogens is 2. The molecule has 2 aromatic heterocycles. The molecule has 0 saturated carbocycles. The molecule has 1 aliphatic rings. The van der Waals surface area contributed by atoms with Crippen LogP contribution in [0.4, 0.5) is 11.5 Å². The van der Waals surface area contributed by atoms with Gasteiger partial charge in [-0.3, -0.25) is 4.79 Å². The minimum absolute atomic E-state index is 0.00599. The summed E-state index contributed by atoms with van der Waals surface area (Å²) in [5.74, 6) is 0.481. The lowest BCUT2D eigenvalue weighted by molar-refractivity contribution is 0.213. The number of aryl methyl sites for hydroxylation is 1. The number of rotatable bonds is 11. The van der Waals surface area contributed by atoms with Crippen LogP contribution in [0, 0.1) is 0 Å². The van der Waals surface area contributed by atoms with Gasteiger partial charge in [-0.05, 0) is 86.1 Å². The molecule has 11 nitrogen and oxygen atoms in total. The van der Waals surface area contributed by atoms with Gasteiger partial charge in [0.05, 0.1) is 27.0 Å². The first-order valence-electron chi connectivity index (χ1n) is 14.9. The van der Waals surface area contributed by atoms with Gasteiger partial charge in [0.1, 0.15) is 15.7 Å². The van der Waals surface area contributed by atoms with Crippen LogP contribution in [0.2, 0.25) is 0 Å². The van der Waals surface area contributed by atoms with Crippen molar-refractivity contribution in [3.63, 3.8) is 0 Å². The first-order chi connectivity index (χ1) is 21.7. The molecule has 2 N–H and O–H groups in total. The molecule has 2 atom stereocenters. The molecule has 1 fully saturated rings. The molecule has 14 heteroatoms. The van der Waals surface area contributed by atoms with Crippen molar-refractivity contribution in [2.45, 2.75) is 42.4 Å². The standard InChI is InChI=1S/C32H38N4O7S3/c1-22(44(38)39)21-35-15-12-24(13-16-35)23-4-8-27(9-5-23)33-31-30-26(14-17-36(32(30)37)18-19-45(2,40)41)20-29(34-31)25-6-10-28(11-7-25)46(3,42)43/h4-11,14,17,20,22,24H,12-13,15-16,18-19,21H2,1-3H3,(H,33,34)(H,38,39).